The van der Waals surface area contributed by atoms with Crippen LogP contribution in [-0.4, -0.2) is 44.6 Å². The van der Waals surface area contributed by atoms with E-state index in [-0.39, 0.29) is 13.0 Å². The second-order valence-corrected chi connectivity index (χ2v) is 3.81. The van der Waals surface area contributed by atoms with Crippen molar-refractivity contribution in [1.82, 2.24) is 5.32 Å². The van der Waals surface area contributed by atoms with E-state index in [2.05, 4.69) is 4.74 Å². The molecule has 0 aromatic rings. The first-order chi connectivity index (χ1) is 8.50. The minimum atomic E-state index is -5.68. The van der Waals surface area contributed by atoms with Crippen LogP contribution in [0.2, 0.25) is 0 Å². The van der Waals surface area contributed by atoms with Crippen molar-refractivity contribution >= 4 is 5.91 Å². The van der Waals surface area contributed by atoms with E-state index >= 15 is 0 Å². The van der Waals surface area contributed by atoms with Gasteiger partial charge in [0.25, 0.3) is 0 Å². The number of carbonyl (C=O) groups is 1. The highest BCUT2D eigenvalue weighted by molar-refractivity contribution is 5.80. The van der Waals surface area contributed by atoms with Gasteiger partial charge in [0.2, 0.25) is 11.8 Å². The van der Waals surface area contributed by atoms with Gasteiger partial charge in [-0.25, -0.2) is 0 Å². The van der Waals surface area contributed by atoms with Gasteiger partial charge in [-0.1, -0.05) is 0 Å². The molecule has 4 nitrogen and oxygen atoms in total. The zero-order valence-corrected chi connectivity index (χ0v) is 9.94. The lowest BCUT2D eigenvalue weighted by atomic mass is 10.1. The van der Waals surface area contributed by atoms with Crippen LogP contribution in [-0.2, 0) is 9.53 Å². The van der Waals surface area contributed by atoms with Gasteiger partial charge >= 0.3 is 12.4 Å². The van der Waals surface area contributed by atoms with Gasteiger partial charge < -0.3 is 15.8 Å². The maximum absolute atomic E-state index is 12.1. The Morgan fingerprint density at radius 1 is 1.21 bits per heavy atom. The number of hydrogen-bond donors (Lipinski definition) is 2. The smallest absolute Gasteiger partial charge is 0.383 e. The normalized spacial score (nSPS) is 14.6. The Bertz CT molecular complexity index is 277. The second kappa shape index (κ2) is 6.94. The molecule has 19 heavy (non-hydrogen) atoms. The molecule has 0 heterocycles. The highest BCUT2D eigenvalue weighted by atomic mass is 19.4. The quantitative estimate of drug-likeness (QED) is 0.724. The van der Waals surface area contributed by atoms with E-state index < -0.39 is 36.8 Å². The number of amides is 1. The van der Waals surface area contributed by atoms with Crippen molar-refractivity contribution in [2.45, 2.75) is 24.8 Å². The van der Waals surface area contributed by atoms with Crippen molar-refractivity contribution in [3.05, 3.63) is 0 Å². The van der Waals surface area contributed by atoms with Gasteiger partial charge in [0.15, 0.2) is 0 Å². The molecule has 0 radical (unpaired) electrons. The Balaban J connectivity index is 4.44. The summed E-state index contributed by atoms with van der Waals surface area (Å²) in [6.07, 6.45) is -11.4. The maximum atomic E-state index is 12.1. The van der Waals surface area contributed by atoms with Gasteiger partial charge in [-0.15, -0.1) is 0 Å². The van der Waals surface area contributed by atoms with Crippen LogP contribution in [0.1, 0.15) is 6.42 Å². The molecule has 0 saturated heterocycles. The van der Waals surface area contributed by atoms with Gasteiger partial charge in [0.05, 0.1) is 6.61 Å². The van der Waals surface area contributed by atoms with Crippen molar-refractivity contribution in [3.63, 3.8) is 0 Å². The Morgan fingerprint density at radius 3 is 2.05 bits per heavy atom. The minimum Gasteiger partial charge on any atom is -0.383 e. The lowest BCUT2D eigenvalue weighted by Gasteiger charge is -2.22. The van der Waals surface area contributed by atoms with Gasteiger partial charge in [-0.2, -0.15) is 26.3 Å². The first kappa shape index (κ1) is 18.0. The van der Waals surface area contributed by atoms with Crippen LogP contribution < -0.4 is 11.1 Å². The van der Waals surface area contributed by atoms with Gasteiger partial charge in [0, 0.05) is 19.7 Å². The highest BCUT2D eigenvalue weighted by Crippen LogP contribution is 2.39. The van der Waals surface area contributed by atoms with Crippen LogP contribution in [0.5, 0.6) is 0 Å². The molecule has 0 aliphatic rings. The van der Waals surface area contributed by atoms with Gasteiger partial charge in [-0.3, -0.25) is 4.79 Å². The van der Waals surface area contributed by atoms with Gasteiger partial charge in [0.1, 0.15) is 0 Å². The summed E-state index contributed by atoms with van der Waals surface area (Å²) < 4.78 is 77.5. The highest BCUT2D eigenvalue weighted by Gasteiger charge is 2.60. The number of carbonyl (C=O) groups excluding carboxylic acids is 1. The molecule has 0 rings (SSSR count). The van der Waals surface area contributed by atoms with Crippen LogP contribution in [0, 0.1) is 5.92 Å². The molecule has 0 saturated carbocycles. The number of methoxy groups -OCH3 is 1. The summed E-state index contributed by atoms with van der Waals surface area (Å²) in [5.74, 6) is -6.16. The van der Waals surface area contributed by atoms with Crippen LogP contribution >= 0.6 is 0 Å². The molecule has 114 valence electrons. The second-order valence-electron chi connectivity index (χ2n) is 3.81. The molecule has 1 unspecified atom stereocenters. The molecular formula is C9H14F6N2O2. The van der Waals surface area contributed by atoms with Crippen molar-refractivity contribution in [2.24, 2.45) is 11.7 Å². The standard InChI is InChI=1S/C9H14F6N2O2/c1-19-4-5(16)2-3-17-7(18)6(8(10,11)12)9(13,14)15/h5-6H,2-4,16H2,1H3,(H,17,18). The van der Waals surface area contributed by atoms with Crippen LogP contribution in [0.25, 0.3) is 0 Å². The third kappa shape index (κ3) is 6.62. The van der Waals surface area contributed by atoms with Crippen molar-refractivity contribution in [3.8, 4) is 0 Å². The maximum Gasteiger partial charge on any atom is 0.409 e. The van der Waals surface area contributed by atoms with Crippen LogP contribution in [0.4, 0.5) is 26.3 Å². The minimum absolute atomic E-state index is 0.00200. The molecular weight excluding hydrogens is 282 g/mol. The molecule has 10 heteroatoms. The number of alkyl halides is 6. The SMILES string of the molecule is COCC(N)CCNC(=O)C(C(F)(F)F)C(F)(F)F. The van der Waals surface area contributed by atoms with Crippen molar-refractivity contribution in [1.29, 1.82) is 0 Å². The van der Waals surface area contributed by atoms with E-state index in [4.69, 9.17) is 5.73 Å². The van der Waals surface area contributed by atoms with Crippen molar-refractivity contribution in [2.75, 3.05) is 20.3 Å². The Labute approximate surface area is 105 Å². The summed E-state index contributed by atoms with van der Waals surface area (Å²) >= 11 is 0. The average molecular weight is 296 g/mol. The summed E-state index contributed by atoms with van der Waals surface area (Å²) in [6.45, 7) is -0.316. The summed E-state index contributed by atoms with van der Waals surface area (Å²) in [5, 5.41) is 1.57. The van der Waals surface area contributed by atoms with Crippen molar-refractivity contribution < 1.29 is 35.9 Å². The van der Waals surface area contributed by atoms with E-state index in [1.165, 1.54) is 7.11 Å². The zero-order chi connectivity index (χ0) is 15.3. The predicted octanol–water partition coefficient (Wildman–Crippen LogP) is 1.21. The number of nitrogens with two attached hydrogens (primary N) is 1. The molecule has 0 bridgehead atoms. The number of hydrogen-bond acceptors (Lipinski definition) is 3. The molecule has 0 aliphatic heterocycles. The Kier molecular flexibility index (Phi) is 6.57. The number of ether oxygens (including phenoxy) is 1. The molecule has 0 aromatic carbocycles. The first-order valence-corrected chi connectivity index (χ1v) is 5.15. The molecule has 0 aromatic heterocycles. The van der Waals surface area contributed by atoms with E-state index in [1.807, 2.05) is 0 Å². The fraction of sp³-hybridized carbons (Fsp3) is 0.889. The zero-order valence-electron chi connectivity index (χ0n) is 9.94. The van der Waals surface area contributed by atoms with E-state index in [9.17, 15) is 31.1 Å². The molecule has 1 atom stereocenters. The van der Waals surface area contributed by atoms with E-state index in [1.54, 1.807) is 5.32 Å². The monoisotopic (exact) mass is 296 g/mol. The lowest BCUT2D eigenvalue weighted by Crippen LogP contribution is -2.48. The number of halogens is 6. The Morgan fingerprint density at radius 2 is 1.68 bits per heavy atom. The molecule has 3 N–H and O–H groups in total. The fourth-order valence-corrected chi connectivity index (χ4v) is 1.26. The topological polar surface area (TPSA) is 64.3 Å². The van der Waals surface area contributed by atoms with Gasteiger partial charge in [-0.05, 0) is 6.42 Å². The largest absolute Gasteiger partial charge is 0.409 e. The molecule has 1 amide bonds. The molecule has 0 fully saturated rings. The van der Waals surface area contributed by atoms with E-state index in [0.717, 1.165) is 0 Å². The van der Waals surface area contributed by atoms with Crippen LogP contribution in [0.3, 0.4) is 0 Å². The average Bonchev–Trinajstić information content (AvgIpc) is 2.12. The van der Waals surface area contributed by atoms with E-state index in [0.29, 0.717) is 0 Å². The lowest BCUT2D eigenvalue weighted by molar-refractivity contribution is -0.274. The number of rotatable bonds is 6. The summed E-state index contributed by atoms with van der Waals surface area (Å²) in [5.41, 5.74) is 5.40. The first-order valence-electron chi connectivity index (χ1n) is 5.15. The summed E-state index contributed by atoms with van der Waals surface area (Å²) in [6, 6.07) is -0.583. The predicted molar refractivity (Wildman–Crippen MR) is 53.1 cm³/mol. The molecule has 0 spiro atoms. The number of nitrogens with one attached hydrogen (secondary N) is 1. The third-order valence-corrected chi connectivity index (χ3v) is 2.11. The Hall–Kier alpha value is -1.03. The van der Waals surface area contributed by atoms with Crippen LogP contribution in [0.15, 0.2) is 0 Å². The molecule has 0 aliphatic carbocycles. The fourth-order valence-electron chi connectivity index (χ4n) is 1.26. The third-order valence-electron chi connectivity index (χ3n) is 2.11. The summed E-state index contributed by atoms with van der Waals surface area (Å²) in [7, 11) is 1.34. The summed E-state index contributed by atoms with van der Waals surface area (Å²) in [4.78, 5) is 11.0.